The summed E-state index contributed by atoms with van der Waals surface area (Å²) in [5.41, 5.74) is 0. The Morgan fingerprint density at radius 2 is 2.27 bits per heavy atom. The zero-order valence-corrected chi connectivity index (χ0v) is 13.5. The average molecular weight is 306 g/mol. The Bertz CT molecular complexity index is 490. The van der Waals surface area contributed by atoms with E-state index in [1.165, 1.54) is 0 Å². The number of aliphatic imine (C=N–C) groups is 1. The average Bonchev–Trinajstić information content (AvgIpc) is 2.93. The summed E-state index contributed by atoms with van der Waals surface area (Å²) in [6, 6.07) is 0.450. The van der Waals surface area contributed by atoms with Gasteiger partial charge in [0.25, 0.3) is 0 Å². The number of hydrogen-bond donors (Lipinski definition) is 2. The van der Waals surface area contributed by atoms with Gasteiger partial charge in [0.2, 0.25) is 5.89 Å². The Labute approximate surface area is 131 Å². The molecule has 1 aromatic rings. The number of aromatic nitrogens is 2. The van der Waals surface area contributed by atoms with Gasteiger partial charge in [-0.3, -0.25) is 4.90 Å². The first-order valence-electron chi connectivity index (χ1n) is 7.88. The molecule has 7 heteroatoms. The standard InChI is InChI=1S/C15H26N6O/c1-4-8-21-9-6-13(7-10-21)19-15(16-5-2)17-11-14-18-12(3)22-20-14/h4,13H,1,5-11H2,2-3H3,(H2,16,17,19). The zero-order chi connectivity index (χ0) is 15.8. The van der Waals surface area contributed by atoms with Gasteiger partial charge in [-0.15, -0.1) is 6.58 Å². The normalized spacial score (nSPS) is 17.5. The highest BCUT2D eigenvalue weighted by Gasteiger charge is 2.19. The fraction of sp³-hybridized carbons (Fsp3) is 0.667. The fourth-order valence-corrected chi connectivity index (χ4v) is 2.51. The van der Waals surface area contributed by atoms with Crippen LogP contribution in [0.15, 0.2) is 22.2 Å². The lowest BCUT2D eigenvalue weighted by atomic mass is 10.1. The summed E-state index contributed by atoms with van der Waals surface area (Å²) in [4.78, 5) is 11.1. The Morgan fingerprint density at radius 1 is 1.50 bits per heavy atom. The van der Waals surface area contributed by atoms with E-state index in [2.05, 4.69) is 44.2 Å². The van der Waals surface area contributed by atoms with Crippen LogP contribution >= 0.6 is 0 Å². The van der Waals surface area contributed by atoms with E-state index >= 15 is 0 Å². The highest BCUT2D eigenvalue weighted by Crippen LogP contribution is 2.10. The second-order valence-electron chi connectivity index (χ2n) is 5.43. The predicted octanol–water partition coefficient (Wildman–Crippen LogP) is 1.08. The van der Waals surface area contributed by atoms with Gasteiger partial charge < -0.3 is 15.2 Å². The van der Waals surface area contributed by atoms with Crippen molar-refractivity contribution in [3.8, 4) is 0 Å². The minimum atomic E-state index is 0.419. The molecule has 0 unspecified atom stereocenters. The molecule has 1 fully saturated rings. The number of hydrogen-bond acceptors (Lipinski definition) is 5. The minimum absolute atomic E-state index is 0.419. The van der Waals surface area contributed by atoms with E-state index in [4.69, 9.17) is 4.52 Å². The SMILES string of the molecule is C=CCN1CCC(NC(=NCc2noc(C)n2)NCC)CC1. The number of nitrogens with zero attached hydrogens (tertiary/aromatic N) is 4. The third kappa shape index (κ3) is 5.14. The van der Waals surface area contributed by atoms with Crippen molar-refractivity contribution in [2.24, 2.45) is 4.99 Å². The van der Waals surface area contributed by atoms with Crippen molar-refractivity contribution < 1.29 is 4.52 Å². The lowest BCUT2D eigenvalue weighted by Gasteiger charge is -2.32. The topological polar surface area (TPSA) is 78.6 Å². The van der Waals surface area contributed by atoms with E-state index in [1.807, 2.05) is 6.08 Å². The van der Waals surface area contributed by atoms with E-state index in [1.54, 1.807) is 6.92 Å². The van der Waals surface area contributed by atoms with Crippen molar-refractivity contribution in [3.05, 3.63) is 24.4 Å². The number of aryl methyl sites for hydroxylation is 1. The maximum absolute atomic E-state index is 4.96. The smallest absolute Gasteiger partial charge is 0.223 e. The molecule has 1 aliphatic rings. The summed E-state index contributed by atoms with van der Waals surface area (Å²) in [6.45, 7) is 12.0. The molecule has 0 aromatic carbocycles. The van der Waals surface area contributed by atoms with Crippen LogP contribution < -0.4 is 10.6 Å². The fourth-order valence-electron chi connectivity index (χ4n) is 2.51. The van der Waals surface area contributed by atoms with Crippen molar-refractivity contribution in [2.45, 2.75) is 39.3 Å². The van der Waals surface area contributed by atoms with E-state index in [0.717, 1.165) is 45.0 Å². The Morgan fingerprint density at radius 3 is 2.86 bits per heavy atom. The van der Waals surface area contributed by atoms with Crippen LogP contribution in [0.25, 0.3) is 0 Å². The van der Waals surface area contributed by atoms with E-state index < -0.39 is 0 Å². The van der Waals surface area contributed by atoms with Crippen LogP contribution in [0, 0.1) is 6.92 Å². The van der Waals surface area contributed by atoms with Crippen molar-refractivity contribution in [1.29, 1.82) is 0 Å². The molecule has 0 saturated carbocycles. The second kappa shape index (κ2) is 8.53. The van der Waals surface area contributed by atoms with E-state index in [9.17, 15) is 0 Å². The van der Waals surface area contributed by atoms with E-state index in [-0.39, 0.29) is 0 Å². The molecule has 0 atom stereocenters. The van der Waals surface area contributed by atoms with Gasteiger partial charge >= 0.3 is 0 Å². The van der Waals surface area contributed by atoms with Crippen LogP contribution in [0.2, 0.25) is 0 Å². The molecule has 2 N–H and O–H groups in total. The van der Waals surface area contributed by atoms with Crippen LogP contribution in [0.4, 0.5) is 0 Å². The summed E-state index contributed by atoms with van der Waals surface area (Å²) >= 11 is 0. The highest BCUT2D eigenvalue weighted by molar-refractivity contribution is 5.80. The van der Waals surface area contributed by atoms with Gasteiger partial charge in [0.05, 0.1) is 0 Å². The van der Waals surface area contributed by atoms with Crippen LogP contribution in [-0.2, 0) is 6.54 Å². The van der Waals surface area contributed by atoms with Gasteiger partial charge in [0, 0.05) is 39.1 Å². The third-order valence-corrected chi connectivity index (χ3v) is 3.61. The maximum Gasteiger partial charge on any atom is 0.223 e. The van der Waals surface area contributed by atoms with Gasteiger partial charge in [-0.05, 0) is 19.8 Å². The minimum Gasteiger partial charge on any atom is -0.357 e. The molecule has 0 bridgehead atoms. The van der Waals surface area contributed by atoms with Crippen molar-refractivity contribution in [1.82, 2.24) is 25.7 Å². The summed E-state index contributed by atoms with van der Waals surface area (Å²) < 4.78 is 4.96. The summed E-state index contributed by atoms with van der Waals surface area (Å²) in [5, 5.41) is 10.6. The van der Waals surface area contributed by atoms with Crippen LogP contribution in [0.5, 0.6) is 0 Å². The molecule has 0 radical (unpaired) electrons. The number of nitrogens with one attached hydrogen (secondary N) is 2. The molecular formula is C15H26N6O. The Hall–Kier alpha value is -1.89. The number of likely N-dealkylation sites (tertiary alicyclic amines) is 1. The van der Waals surface area contributed by atoms with Crippen molar-refractivity contribution in [2.75, 3.05) is 26.2 Å². The summed E-state index contributed by atoms with van der Waals surface area (Å²) in [5.74, 6) is 1.99. The quantitative estimate of drug-likeness (QED) is 0.465. The van der Waals surface area contributed by atoms with Crippen LogP contribution in [0.1, 0.15) is 31.5 Å². The molecule has 2 rings (SSSR count). The number of guanidine groups is 1. The molecule has 2 heterocycles. The van der Waals surface area contributed by atoms with E-state index in [0.29, 0.717) is 24.3 Å². The maximum atomic E-state index is 4.96. The molecule has 22 heavy (non-hydrogen) atoms. The Kier molecular flexibility index (Phi) is 6.39. The molecule has 122 valence electrons. The first kappa shape index (κ1) is 16.5. The summed E-state index contributed by atoms with van der Waals surface area (Å²) in [7, 11) is 0. The zero-order valence-electron chi connectivity index (χ0n) is 13.5. The molecule has 0 spiro atoms. The molecule has 7 nitrogen and oxygen atoms in total. The molecule has 0 aliphatic carbocycles. The highest BCUT2D eigenvalue weighted by atomic mass is 16.5. The lowest BCUT2D eigenvalue weighted by Crippen LogP contribution is -2.48. The largest absolute Gasteiger partial charge is 0.357 e. The molecule has 0 amide bonds. The number of rotatable bonds is 6. The first-order chi connectivity index (χ1) is 10.7. The van der Waals surface area contributed by atoms with Gasteiger partial charge in [-0.25, -0.2) is 4.99 Å². The van der Waals surface area contributed by atoms with Gasteiger partial charge in [0.1, 0.15) is 6.54 Å². The number of piperidine rings is 1. The van der Waals surface area contributed by atoms with Crippen molar-refractivity contribution >= 4 is 5.96 Å². The van der Waals surface area contributed by atoms with Gasteiger partial charge in [-0.2, -0.15) is 4.98 Å². The molecule has 1 aromatic heterocycles. The third-order valence-electron chi connectivity index (χ3n) is 3.61. The second-order valence-corrected chi connectivity index (χ2v) is 5.43. The van der Waals surface area contributed by atoms with Crippen LogP contribution in [-0.4, -0.2) is 53.2 Å². The summed E-state index contributed by atoms with van der Waals surface area (Å²) in [6.07, 6.45) is 4.19. The lowest BCUT2D eigenvalue weighted by molar-refractivity contribution is 0.225. The predicted molar refractivity (Wildman–Crippen MR) is 86.6 cm³/mol. The van der Waals surface area contributed by atoms with Crippen molar-refractivity contribution in [3.63, 3.8) is 0 Å². The van der Waals surface area contributed by atoms with Gasteiger partial charge in [0.15, 0.2) is 11.8 Å². The molecule has 1 aliphatic heterocycles. The molecule has 1 saturated heterocycles. The monoisotopic (exact) mass is 306 g/mol. The Balaban J connectivity index is 1.84. The van der Waals surface area contributed by atoms with Gasteiger partial charge in [-0.1, -0.05) is 11.2 Å². The first-order valence-corrected chi connectivity index (χ1v) is 7.88. The van der Waals surface area contributed by atoms with Crippen LogP contribution in [0.3, 0.4) is 0 Å². The molecular weight excluding hydrogens is 280 g/mol.